The van der Waals surface area contributed by atoms with Crippen LogP contribution >= 0.6 is 12.2 Å². The fourth-order valence-corrected chi connectivity index (χ4v) is 0.437. The molecule has 0 fully saturated rings. The van der Waals surface area contributed by atoms with Crippen molar-refractivity contribution in [2.45, 2.75) is 13.3 Å². The molecule has 0 saturated heterocycles. The first kappa shape index (κ1) is 9.83. The number of nitrogens with one attached hydrogen (secondary N) is 1. The number of nitrogens with zero attached hydrogens (tertiary/aromatic N) is 1. The molecular formula is C5H8N3O2S-. The molecule has 0 rings (SSSR count). The largest absolute Gasteiger partial charge is 0.543 e. The molecule has 3 N–H and O–H groups in total. The molecule has 0 aliphatic rings. The second kappa shape index (κ2) is 4.62. The Balaban J connectivity index is 4.13. The molecule has 11 heavy (non-hydrogen) atoms. The van der Waals surface area contributed by atoms with Gasteiger partial charge in [0.2, 0.25) is 0 Å². The summed E-state index contributed by atoms with van der Waals surface area (Å²) < 4.78 is 0. The van der Waals surface area contributed by atoms with Gasteiger partial charge in [-0.3, -0.25) is 5.43 Å². The molecule has 0 bridgehead atoms. The molecule has 0 atom stereocenters. The number of nitrogens with two attached hydrogens (primary N) is 1. The topological polar surface area (TPSA) is 90.5 Å². The third-order valence-corrected chi connectivity index (χ3v) is 0.963. The Kier molecular flexibility index (Phi) is 4.12. The predicted octanol–water partition coefficient (Wildman–Crippen LogP) is -1.66. The molecule has 0 spiro atoms. The minimum absolute atomic E-state index is 0.0720. The van der Waals surface area contributed by atoms with Gasteiger partial charge in [-0.25, -0.2) is 0 Å². The van der Waals surface area contributed by atoms with E-state index in [0.717, 1.165) is 0 Å². The first-order chi connectivity index (χ1) is 5.07. The van der Waals surface area contributed by atoms with Crippen molar-refractivity contribution in [1.29, 1.82) is 0 Å². The number of hydrogen-bond donors (Lipinski definition) is 2. The zero-order valence-electron chi connectivity index (χ0n) is 5.96. The molecule has 0 aliphatic carbocycles. The standard InChI is InChI=1S/C5H9N3O2S/c1-2-3(4(9)10)7-8-5(6)11/h2H2,1H3,(H,9,10)(H3,6,8,11)/p-1/b7-3-. The van der Waals surface area contributed by atoms with Crippen LogP contribution < -0.4 is 16.3 Å². The van der Waals surface area contributed by atoms with Crippen molar-refractivity contribution in [3.05, 3.63) is 0 Å². The number of carbonyl (C=O) groups excluding carboxylic acids is 1. The van der Waals surface area contributed by atoms with E-state index in [0.29, 0.717) is 0 Å². The van der Waals surface area contributed by atoms with E-state index in [1.807, 2.05) is 0 Å². The van der Waals surface area contributed by atoms with Crippen molar-refractivity contribution >= 4 is 29.0 Å². The predicted molar refractivity (Wildman–Crippen MR) is 42.7 cm³/mol. The summed E-state index contributed by atoms with van der Waals surface area (Å²) >= 11 is 4.39. The molecule has 0 heterocycles. The van der Waals surface area contributed by atoms with Gasteiger partial charge in [-0.1, -0.05) is 6.92 Å². The molecule has 0 saturated carbocycles. The molecule has 0 aromatic heterocycles. The summed E-state index contributed by atoms with van der Waals surface area (Å²) in [5.41, 5.74) is 7.04. The number of carboxylic acid groups (broad SMARTS) is 1. The molecule has 0 unspecified atom stereocenters. The first-order valence-electron chi connectivity index (χ1n) is 2.91. The first-order valence-corrected chi connectivity index (χ1v) is 3.32. The molecule has 0 radical (unpaired) electrons. The summed E-state index contributed by atoms with van der Waals surface area (Å²) in [7, 11) is 0. The van der Waals surface area contributed by atoms with Crippen LogP contribution in [0.15, 0.2) is 5.10 Å². The van der Waals surface area contributed by atoms with Crippen molar-refractivity contribution in [3.8, 4) is 0 Å². The molecular weight excluding hydrogens is 166 g/mol. The maximum Gasteiger partial charge on any atom is 0.184 e. The van der Waals surface area contributed by atoms with Gasteiger partial charge in [0.25, 0.3) is 0 Å². The van der Waals surface area contributed by atoms with Crippen molar-refractivity contribution in [1.82, 2.24) is 5.43 Å². The molecule has 5 nitrogen and oxygen atoms in total. The van der Waals surface area contributed by atoms with Gasteiger partial charge in [0.05, 0.1) is 11.7 Å². The molecule has 0 aliphatic heterocycles. The third-order valence-electron chi connectivity index (χ3n) is 0.872. The number of carboxylic acids is 1. The monoisotopic (exact) mass is 174 g/mol. The molecule has 62 valence electrons. The second-order valence-electron chi connectivity index (χ2n) is 1.68. The van der Waals surface area contributed by atoms with Gasteiger partial charge in [0.1, 0.15) is 0 Å². The van der Waals surface area contributed by atoms with Crippen molar-refractivity contribution in [3.63, 3.8) is 0 Å². The average Bonchev–Trinajstić information content (AvgIpc) is 1.87. The van der Waals surface area contributed by atoms with Gasteiger partial charge in [-0.05, 0) is 18.6 Å². The van der Waals surface area contributed by atoms with Crippen LogP contribution in [0.2, 0.25) is 0 Å². The van der Waals surface area contributed by atoms with Gasteiger partial charge < -0.3 is 15.6 Å². The van der Waals surface area contributed by atoms with E-state index in [1.165, 1.54) is 0 Å². The van der Waals surface area contributed by atoms with E-state index < -0.39 is 5.97 Å². The molecule has 0 amide bonds. The van der Waals surface area contributed by atoms with E-state index in [-0.39, 0.29) is 17.2 Å². The Morgan fingerprint density at radius 3 is 2.64 bits per heavy atom. The molecule has 0 aromatic rings. The minimum atomic E-state index is -1.32. The number of rotatable bonds is 3. The van der Waals surface area contributed by atoms with Crippen LogP contribution in [0.1, 0.15) is 13.3 Å². The highest BCUT2D eigenvalue weighted by Gasteiger charge is 1.95. The highest BCUT2D eigenvalue weighted by atomic mass is 32.1. The summed E-state index contributed by atoms with van der Waals surface area (Å²) in [6, 6.07) is 0. The van der Waals surface area contributed by atoms with Crippen LogP contribution in [0.4, 0.5) is 0 Å². The number of hydrogen-bond acceptors (Lipinski definition) is 4. The lowest BCUT2D eigenvalue weighted by atomic mass is 10.3. The number of thiocarbonyl (C=S) groups is 1. The van der Waals surface area contributed by atoms with Crippen LogP contribution in [0.5, 0.6) is 0 Å². The summed E-state index contributed by atoms with van der Waals surface area (Å²) in [6.45, 7) is 1.63. The van der Waals surface area contributed by atoms with Gasteiger partial charge in [-0.15, -0.1) is 0 Å². The van der Waals surface area contributed by atoms with Crippen LogP contribution in [-0.2, 0) is 4.79 Å². The maximum atomic E-state index is 10.2. The highest BCUT2D eigenvalue weighted by Crippen LogP contribution is 1.81. The normalized spacial score (nSPS) is 10.8. The van der Waals surface area contributed by atoms with Gasteiger partial charge in [0, 0.05) is 0 Å². The fourth-order valence-electron chi connectivity index (χ4n) is 0.392. The minimum Gasteiger partial charge on any atom is -0.543 e. The van der Waals surface area contributed by atoms with E-state index >= 15 is 0 Å². The molecule has 6 heteroatoms. The highest BCUT2D eigenvalue weighted by molar-refractivity contribution is 7.80. The number of carbonyl (C=O) groups is 1. The number of hydrazone groups is 1. The van der Waals surface area contributed by atoms with Crippen LogP contribution in [0, 0.1) is 0 Å². The van der Waals surface area contributed by atoms with Gasteiger partial charge >= 0.3 is 0 Å². The quantitative estimate of drug-likeness (QED) is 0.303. The number of aliphatic carboxylic acids is 1. The van der Waals surface area contributed by atoms with Crippen molar-refractivity contribution < 1.29 is 9.90 Å². The summed E-state index contributed by atoms with van der Waals surface area (Å²) in [4.78, 5) is 10.2. The summed E-state index contributed by atoms with van der Waals surface area (Å²) in [5.74, 6) is -1.32. The summed E-state index contributed by atoms with van der Waals surface area (Å²) in [6.07, 6.45) is 0.262. The Morgan fingerprint density at radius 1 is 1.82 bits per heavy atom. The van der Waals surface area contributed by atoms with Crippen molar-refractivity contribution in [2.75, 3.05) is 0 Å². The average molecular weight is 174 g/mol. The smallest absolute Gasteiger partial charge is 0.184 e. The Hall–Kier alpha value is -1.17. The zero-order chi connectivity index (χ0) is 8.85. The lowest BCUT2D eigenvalue weighted by Crippen LogP contribution is -2.34. The SMILES string of the molecule is CC/C(=N/NC(N)=S)C(=O)[O-]. The van der Waals surface area contributed by atoms with Crippen LogP contribution in [0.25, 0.3) is 0 Å². The lowest BCUT2D eigenvalue weighted by Gasteiger charge is -2.03. The van der Waals surface area contributed by atoms with E-state index in [9.17, 15) is 9.90 Å². The van der Waals surface area contributed by atoms with Gasteiger partial charge in [0.15, 0.2) is 5.11 Å². The maximum absolute atomic E-state index is 10.2. The van der Waals surface area contributed by atoms with E-state index in [2.05, 4.69) is 22.7 Å². The van der Waals surface area contributed by atoms with Crippen LogP contribution in [-0.4, -0.2) is 16.8 Å². The van der Waals surface area contributed by atoms with E-state index in [4.69, 9.17) is 5.73 Å². The Labute approximate surface area is 69.3 Å². The Bertz CT molecular complexity index is 202. The third kappa shape index (κ3) is 4.26. The lowest BCUT2D eigenvalue weighted by molar-refractivity contribution is -0.294. The zero-order valence-corrected chi connectivity index (χ0v) is 6.77. The van der Waals surface area contributed by atoms with Crippen molar-refractivity contribution in [2.24, 2.45) is 10.8 Å². The Morgan fingerprint density at radius 2 is 2.36 bits per heavy atom. The molecule has 0 aromatic carbocycles. The second-order valence-corrected chi connectivity index (χ2v) is 2.12. The van der Waals surface area contributed by atoms with Crippen LogP contribution in [0.3, 0.4) is 0 Å². The fraction of sp³-hybridized carbons (Fsp3) is 0.400. The summed E-state index contributed by atoms with van der Waals surface area (Å²) in [5, 5.41) is 13.5. The van der Waals surface area contributed by atoms with Gasteiger partial charge in [-0.2, -0.15) is 5.10 Å². The van der Waals surface area contributed by atoms with E-state index in [1.54, 1.807) is 6.92 Å².